The largest absolute Gasteiger partial charge is 0.145 e. The lowest BCUT2D eigenvalue weighted by molar-refractivity contribution is 0.451. The van der Waals surface area contributed by atoms with E-state index in [1.165, 1.54) is 208 Å². The number of benzene rings is 1. The fourth-order valence-electron chi connectivity index (χ4n) is 12.7. The maximum absolute atomic E-state index is 2.63. The van der Waals surface area contributed by atoms with Gasteiger partial charge in [-0.25, -0.2) is 0 Å². The van der Waals surface area contributed by atoms with Crippen molar-refractivity contribution in [1.82, 2.24) is 0 Å². The number of fused-ring (bicyclic) bond motifs is 4. The lowest BCUT2D eigenvalue weighted by Crippen LogP contribution is -2.11. The normalized spacial score (nSPS) is 14.2. The van der Waals surface area contributed by atoms with Gasteiger partial charge in [0.2, 0.25) is 0 Å². The molecule has 0 amide bonds. The smallest absolute Gasteiger partial charge is 0.0488 e. The molecule has 8 aromatic heterocycles. The van der Waals surface area contributed by atoms with Crippen LogP contribution in [0, 0.1) is 37.5 Å². The molecule has 0 fully saturated rings. The Kier molecular flexibility index (Phi) is 20.4. The van der Waals surface area contributed by atoms with Crippen LogP contribution in [0.25, 0.3) is 70.3 Å². The van der Waals surface area contributed by atoms with Crippen molar-refractivity contribution in [2.24, 2.45) is 23.7 Å². The number of hydrogen-bond acceptors (Lipinski definition) is 8. The van der Waals surface area contributed by atoms with Crippen LogP contribution in [0.1, 0.15) is 210 Å². The highest BCUT2D eigenvalue weighted by Gasteiger charge is 2.33. The molecule has 0 N–H and O–H groups in total. The Morgan fingerprint density at radius 3 is 1.27 bits per heavy atom. The second kappa shape index (κ2) is 27.2. The van der Waals surface area contributed by atoms with Crippen LogP contribution in [0.3, 0.4) is 0 Å². The lowest BCUT2D eigenvalue weighted by atomic mass is 9.82. The molecule has 0 aliphatic heterocycles. The first-order valence-electron chi connectivity index (χ1n) is 30.7. The predicted molar refractivity (Wildman–Crippen MR) is 361 cm³/mol. The van der Waals surface area contributed by atoms with Crippen LogP contribution in [0.15, 0.2) is 60.7 Å². The van der Waals surface area contributed by atoms with E-state index in [0.29, 0.717) is 0 Å². The molecule has 0 bridgehead atoms. The van der Waals surface area contributed by atoms with Crippen molar-refractivity contribution in [2.75, 3.05) is 0 Å². The Morgan fingerprint density at radius 2 is 0.795 bits per heavy atom. The van der Waals surface area contributed by atoms with Crippen LogP contribution >= 0.6 is 90.7 Å². The Morgan fingerprint density at radius 1 is 0.359 bits per heavy atom. The van der Waals surface area contributed by atoms with E-state index in [2.05, 4.69) is 198 Å². The van der Waals surface area contributed by atoms with Crippen LogP contribution in [0.4, 0.5) is 0 Å². The standard InChI is InChI=1S/C70H88S8/c1-11-19-23-45(15-5)36-49-28-31-58(73-49)65-55-35-44(10)72-69(55)66(59-32-29-50(74-59)37-46(16-6)24-20-12-2)56-42-64(77-70(56)65)57-33-34-61(75-57)68-54-41-52-51(40-53(54)67(78-68)60-30-27-43(9)71-60)62(38-47(17-7)25-21-13-3)76-63(52)39-48(18-8)26-22-14-4/h27-35,42,45-48H,11-26,36-41H2,1-10H3. The van der Waals surface area contributed by atoms with Gasteiger partial charge in [-0.05, 0) is 146 Å². The summed E-state index contributed by atoms with van der Waals surface area (Å²) in [7, 11) is 0. The summed E-state index contributed by atoms with van der Waals surface area (Å²) in [5, 5.41) is 2.90. The first-order chi connectivity index (χ1) is 38.1. The van der Waals surface area contributed by atoms with E-state index in [1.54, 1.807) is 41.8 Å². The van der Waals surface area contributed by atoms with Gasteiger partial charge >= 0.3 is 0 Å². The van der Waals surface area contributed by atoms with Gasteiger partial charge in [-0.2, -0.15) is 0 Å². The fourth-order valence-corrected chi connectivity index (χ4v) is 22.7. The van der Waals surface area contributed by atoms with Gasteiger partial charge in [0.15, 0.2) is 0 Å². The molecule has 0 radical (unpaired) electrons. The molecule has 1 aliphatic carbocycles. The molecular weight excluding hydrogens is 1100 g/mol. The number of unbranched alkanes of at least 4 members (excludes halogenated alkanes) is 4. The SMILES string of the molecule is CCCCC(CC)Cc1ccc(-c2c3cc(-c4ccc(-c5sc(-c6ccc(C)s6)c6c5Cc5c(CC(CC)CCCC)sc(CC(CC)CCCC)c5C6)s4)sc3c(-c3ccc(CC(CC)CCCC)s3)c3cc(C)sc23)s1. The van der Waals surface area contributed by atoms with E-state index in [0.717, 1.165) is 36.5 Å². The zero-order valence-electron chi connectivity index (χ0n) is 48.9. The van der Waals surface area contributed by atoms with Crippen LogP contribution in [0.5, 0.6) is 0 Å². The third kappa shape index (κ3) is 12.8. The van der Waals surface area contributed by atoms with Crippen molar-refractivity contribution >= 4 is 111 Å². The van der Waals surface area contributed by atoms with Gasteiger partial charge in [0.1, 0.15) is 0 Å². The van der Waals surface area contributed by atoms with Gasteiger partial charge in [-0.15, -0.1) is 90.7 Å². The van der Waals surface area contributed by atoms with Crippen LogP contribution in [-0.4, -0.2) is 0 Å². The number of thiophene rings is 8. The molecule has 4 unspecified atom stereocenters. The molecule has 8 heteroatoms. The van der Waals surface area contributed by atoms with Crippen LogP contribution in [-0.2, 0) is 38.5 Å². The molecule has 4 atom stereocenters. The number of aryl methyl sites for hydroxylation is 2. The lowest BCUT2D eigenvalue weighted by Gasteiger charge is -2.21. The van der Waals surface area contributed by atoms with Crippen molar-refractivity contribution in [3.05, 3.63) is 112 Å². The molecule has 1 aliphatic rings. The Balaban J connectivity index is 1.09. The van der Waals surface area contributed by atoms with Crippen molar-refractivity contribution in [1.29, 1.82) is 0 Å². The van der Waals surface area contributed by atoms with Crippen LogP contribution < -0.4 is 0 Å². The summed E-state index contributed by atoms with van der Waals surface area (Å²) >= 11 is 16.7. The summed E-state index contributed by atoms with van der Waals surface area (Å²) in [5.41, 5.74) is 9.65. The topological polar surface area (TPSA) is 0 Å². The minimum atomic E-state index is 0.759. The second-order valence-electron chi connectivity index (χ2n) is 23.3. The average Bonchev–Trinajstić information content (AvgIpc) is 4.50. The molecule has 0 nitrogen and oxygen atoms in total. The molecule has 10 rings (SSSR count). The summed E-state index contributed by atoms with van der Waals surface area (Å²) in [6.07, 6.45) is 28.1. The van der Waals surface area contributed by atoms with Crippen molar-refractivity contribution < 1.29 is 0 Å². The quantitative estimate of drug-likeness (QED) is 0.0438. The van der Waals surface area contributed by atoms with Gasteiger partial charge in [-0.1, -0.05) is 158 Å². The highest BCUT2D eigenvalue weighted by molar-refractivity contribution is 7.30. The highest BCUT2D eigenvalue weighted by atomic mass is 32.1. The van der Waals surface area contributed by atoms with E-state index in [9.17, 15) is 0 Å². The predicted octanol–water partition coefficient (Wildman–Crippen LogP) is 26.0. The second-order valence-corrected chi connectivity index (χ2v) is 32.5. The molecule has 1 aromatic carbocycles. The minimum Gasteiger partial charge on any atom is -0.145 e. The first-order valence-corrected chi connectivity index (χ1v) is 37.2. The van der Waals surface area contributed by atoms with Gasteiger partial charge in [0, 0.05) is 112 Å². The van der Waals surface area contributed by atoms with Crippen LogP contribution in [0.2, 0.25) is 0 Å². The summed E-state index contributed by atoms with van der Waals surface area (Å²) in [5.74, 6) is 3.07. The third-order valence-corrected chi connectivity index (χ3v) is 27.3. The van der Waals surface area contributed by atoms with Crippen molar-refractivity contribution in [3.8, 4) is 50.1 Å². The Hall–Kier alpha value is -2.66. The van der Waals surface area contributed by atoms with E-state index in [4.69, 9.17) is 0 Å². The van der Waals surface area contributed by atoms with E-state index >= 15 is 0 Å². The minimum absolute atomic E-state index is 0.759. The maximum Gasteiger partial charge on any atom is 0.0488 e. The van der Waals surface area contributed by atoms with E-state index in [1.807, 2.05) is 22.7 Å². The average molecular weight is 1190 g/mol. The molecule has 0 saturated heterocycles. The van der Waals surface area contributed by atoms with Gasteiger partial charge in [0.25, 0.3) is 0 Å². The van der Waals surface area contributed by atoms with Crippen molar-refractivity contribution in [3.63, 3.8) is 0 Å². The number of rotatable bonds is 29. The molecule has 8 heterocycles. The summed E-state index contributed by atoms with van der Waals surface area (Å²) in [6.45, 7) is 23.7. The Bertz CT molecular complexity index is 3260. The van der Waals surface area contributed by atoms with Crippen molar-refractivity contribution in [2.45, 2.75) is 210 Å². The monoisotopic (exact) mass is 1180 g/mol. The summed E-state index contributed by atoms with van der Waals surface area (Å²) < 4.78 is 2.94. The highest BCUT2D eigenvalue weighted by Crippen LogP contribution is 2.56. The third-order valence-electron chi connectivity index (χ3n) is 17.6. The molecule has 78 heavy (non-hydrogen) atoms. The summed E-state index contributed by atoms with van der Waals surface area (Å²) in [4.78, 5) is 21.1. The molecule has 0 spiro atoms. The molecule has 9 aromatic rings. The zero-order valence-corrected chi connectivity index (χ0v) is 55.4. The van der Waals surface area contributed by atoms with Gasteiger partial charge in [0.05, 0.1) is 0 Å². The summed E-state index contributed by atoms with van der Waals surface area (Å²) in [6, 6.07) is 24.9. The first kappa shape index (κ1) is 58.5. The fraction of sp³-hybridized carbons (Fsp3) is 0.514. The number of hydrogen-bond donors (Lipinski definition) is 0. The van der Waals surface area contributed by atoms with E-state index < -0.39 is 0 Å². The molecule has 416 valence electrons. The van der Waals surface area contributed by atoms with Gasteiger partial charge < -0.3 is 0 Å². The molecule has 0 saturated carbocycles. The maximum atomic E-state index is 2.63. The van der Waals surface area contributed by atoms with E-state index in [-0.39, 0.29) is 0 Å². The van der Waals surface area contributed by atoms with Gasteiger partial charge in [-0.3, -0.25) is 0 Å². The molecular formula is C70H88S8. The zero-order chi connectivity index (χ0) is 54.5. The Labute approximate surface area is 502 Å².